The summed E-state index contributed by atoms with van der Waals surface area (Å²) in [6.45, 7) is 9.05. The van der Waals surface area contributed by atoms with Crippen molar-refractivity contribution in [3.63, 3.8) is 0 Å². The number of aromatic nitrogens is 2. The molecule has 0 aliphatic carbocycles. The minimum atomic E-state index is -6.72. The molecule has 0 bridgehead atoms. The molecule has 1 aromatic heterocycles. The summed E-state index contributed by atoms with van der Waals surface area (Å²) in [5.41, 5.74) is -12.4. The largest absolute Gasteiger partial charge is 0.480 e. The summed E-state index contributed by atoms with van der Waals surface area (Å²) >= 11 is 0. The van der Waals surface area contributed by atoms with E-state index in [-0.39, 0.29) is 0 Å². The lowest BCUT2D eigenvalue weighted by atomic mass is 10.6. The van der Waals surface area contributed by atoms with Crippen LogP contribution in [0.3, 0.4) is 0 Å². The van der Waals surface area contributed by atoms with E-state index >= 15 is 0 Å². The second-order valence-electron chi connectivity index (χ2n) is 4.30. The zero-order chi connectivity index (χ0) is 20.8. The van der Waals surface area contributed by atoms with E-state index in [0.717, 1.165) is 17.2 Å². The van der Waals surface area contributed by atoms with E-state index in [1.165, 1.54) is 0 Å². The van der Waals surface area contributed by atoms with Gasteiger partial charge >= 0.3 is 11.0 Å². The van der Waals surface area contributed by atoms with Gasteiger partial charge in [-0.3, -0.25) is 0 Å². The maximum absolute atomic E-state index is 11.4. The zero-order valence-electron chi connectivity index (χ0n) is 12.8. The lowest BCUT2D eigenvalue weighted by Crippen LogP contribution is -2.30. The first kappa shape index (κ1) is 24.1. The molecule has 150 valence electrons. The quantitative estimate of drug-likeness (QED) is 0.394. The molecule has 0 fully saturated rings. The molecule has 15 heteroatoms. The predicted molar refractivity (Wildman–Crippen MR) is 78.3 cm³/mol. The van der Waals surface area contributed by atoms with E-state index in [0.29, 0.717) is 0 Å². The number of halogens is 6. The highest BCUT2D eigenvalue weighted by Gasteiger charge is 2.46. The second-order valence-corrected chi connectivity index (χ2v) is 7.72. The number of rotatable bonds is 6. The van der Waals surface area contributed by atoms with Crippen LogP contribution in [0.15, 0.2) is 44.0 Å². The Morgan fingerprint density at radius 3 is 1.77 bits per heavy atom. The molecule has 0 aliphatic rings. The summed E-state index contributed by atoms with van der Waals surface area (Å²) in [6.07, 6.45) is 9.82. The molecule has 1 rings (SSSR count). The van der Waals surface area contributed by atoms with Gasteiger partial charge in [-0.2, -0.15) is 26.3 Å². The van der Waals surface area contributed by atoms with Crippen molar-refractivity contribution < 1.29 is 47.7 Å². The van der Waals surface area contributed by atoms with Crippen LogP contribution in [0.25, 0.3) is 4.13 Å². The summed E-state index contributed by atoms with van der Waals surface area (Å²) in [4.78, 5) is 0. The molecule has 0 saturated heterocycles. The Hall–Kier alpha value is -1.87. The molecule has 0 unspecified atom stereocenters. The van der Waals surface area contributed by atoms with E-state index in [4.69, 9.17) is 0 Å². The van der Waals surface area contributed by atoms with Crippen molar-refractivity contribution >= 4 is 20.0 Å². The van der Waals surface area contributed by atoms with Crippen molar-refractivity contribution in [1.82, 2.24) is 4.57 Å². The molecular weight excluding hydrogens is 416 g/mol. The fraction of sp³-hybridized carbons (Fsp3) is 0.364. The van der Waals surface area contributed by atoms with Gasteiger partial charge in [-0.05, 0) is 0 Å². The van der Waals surface area contributed by atoms with Crippen LogP contribution < -0.4 is 4.57 Å². The summed E-state index contributed by atoms with van der Waals surface area (Å²) in [5, 5.41) is 0. The lowest BCUT2D eigenvalue weighted by Gasteiger charge is -2.22. The van der Waals surface area contributed by atoms with Crippen LogP contribution in [0, 0.1) is 0 Å². The number of hydrogen-bond acceptors (Lipinski definition) is 4. The summed E-state index contributed by atoms with van der Waals surface area (Å²) in [7, 11) is -13.4. The SMILES string of the molecule is C=CCn1cc[n+](CC=C)c1.O=S(=O)([N-]S(=O)(=O)C(F)(F)F)C(F)(F)F. The maximum atomic E-state index is 11.4. The number of nitrogens with zero attached hydrogens (tertiary/aromatic N) is 3. The van der Waals surface area contributed by atoms with Crippen LogP contribution in [-0.2, 0) is 33.1 Å². The molecule has 0 spiro atoms. The predicted octanol–water partition coefficient (Wildman–Crippen LogP) is 2.21. The molecular formula is C11H13F6N3O4S2. The van der Waals surface area contributed by atoms with Crippen LogP contribution >= 0.6 is 0 Å². The van der Waals surface area contributed by atoms with Crippen molar-refractivity contribution in [2.24, 2.45) is 0 Å². The maximum Gasteiger partial charge on any atom is 0.480 e. The van der Waals surface area contributed by atoms with Gasteiger partial charge in [0.05, 0.1) is 0 Å². The highest BCUT2D eigenvalue weighted by Crippen LogP contribution is 2.36. The van der Waals surface area contributed by atoms with Crippen LogP contribution in [0.1, 0.15) is 0 Å². The molecule has 0 radical (unpaired) electrons. The van der Waals surface area contributed by atoms with Crippen molar-refractivity contribution in [3.05, 3.63) is 48.2 Å². The Balaban J connectivity index is 0.000000502. The van der Waals surface area contributed by atoms with Gasteiger partial charge in [0.15, 0.2) is 20.0 Å². The second kappa shape index (κ2) is 8.68. The average Bonchev–Trinajstić information content (AvgIpc) is 2.84. The third kappa shape index (κ3) is 7.17. The van der Waals surface area contributed by atoms with Crippen LogP contribution in [-0.4, -0.2) is 32.4 Å². The van der Waals surface area contributed by atoms with Gasteiger partial charge in [-0.1, -0.05) is 25.3 Å². The summed E-state index contributed by atoms with van der Waals surface area (Å²) < 4.78 is 113. The minimum absolute atomic E-state index is 0.778. The fourth-order valence-electron chi connectivity index (χ4n) is 1.17. The van der Waals surface area contributed by atoms with Crippen LogP contribution in [0.2, 0.25) is 0 Å². The summed E-state index contributed by atoms with van der Waals surface area (Å²) in [5.74, 6) is 0. The molecule has 0 aliphatic heterocycles. The molecule has 0 amide bonds. The third-order valence-corrected chi connectivity index (χ3v) is 4.95. The molecule has 0 N–H and O–H groups in total. The van der Waals surface area contributed by atoms with E-state index in [2.05, 4.69) is 22.3 Å². The van der Waals surface area contributed by atoms with Crippen LogP contribution in [0.5, 0.6) is 0 Å². The topological polar surface area (TPSA) is 91.2 Å². The van der Waals surface area contributed by atoms with E-state index in [1.54, 1.807) is 0 Å². The molecule has 26 heavy (non-hydrogen) atoms. The standard InChI is InChI=1S/C9H13N2.C2F6NO4S2/c1-3-5-10-7-8-11(9-10)6-4-2;3-1(4,5)14(10,11)9-15(12,13)2(6,7)8/h3-4,7-9H,1-2,5-6H2;/q+1;-1. The number of hydrogen-bond donors (Lipinski definition) is 0. The number of imidazole rings is 1. The van der Waals surface area contributed by atoms with E-state index in [9.17, 15) is 43.2 Å². The first-order chi connectivity index (χ1) is 11.6. The summed E-state index contributed by atoms with van der Waals surface area (Å²) in [6, 6.07) is 0. The van der Waals surface area contributed by atoms with Gasteiger partial charge in [0.2, 0.25) is 6.33 Å². The Labute approximate surface area is 145 Å². The van der Waals surface area contributed by atoms with Crippen molar-refractivity contribution in [1.29, 1.82) is 0 Å². The molecule has 1 heterocycles. The Morgan fingerprint density at radius 2 is 1.42 bits per heavy atom. The van der Waals surface area contributed by atoms with Gasteiger partial charge in [0, 0.05) is 0 Å². The Morgan fingerprint density at radius 1 is 0.962 bits per heavy atom. The smallest absolute Gasteiger partial charge is 0.421 e. The van der Waals surface area contributed by atoms with Crippen molar-refractivity contribution in [3.8, 4) is 0 Å². The van der Waals surface area contributed by atoms with Crippen LogP contribution in [0.4, 0.5) is 26.3 Å². The fourth-order valence-corrected chi connectivity index (χ4v) is 2.88. The Kier molecular flexibility index (Phi) is 8.05. The van der Waals surface area contributed by atoms with Crippen molar-refractivity contribution in [2.45, 2.75) is 24.1 Å². The minimum Gasteiger partial charge on any atom is -0.421 e. The highest BCUT2D eigenvalue weighted by molar-refractivity contribution is 8.13. The molecule has 7 nitrogen and oxygen atoms in total. The third-order valence-electron chi connectivity index (χ3n) is 2.21. The monoisotopic (exact) mass is 429 g/mol. The number of alkyl halides is 6. The average molecular weight is 429 g/mol. The number of allylic oxidation sites excluding steroid dienone is 2. The van der Waals surface area contributed by atoms with E-state index < -0.39 is 31.1 Å². The first-order valence-electron chi connectivity index (χ1n) is 6.21. The van der Waals surface area contributed by atoms with Gasteiger partial charge in [0.1, 0.15) is 25.5 Å². The van der Waals surface area contributed by atoms with Gasteiger partial charge in [-0.15, -0.1) is 0 Å². The first-order valence-corrected chi connectivity index (χ1v) is 9.09. The molecule has 0 atom stereocenters. The highest BCUT2D eigenvalue weighted by atomic mass is 32.3. The van der Waals surface area contributed by atoms with Gasteiger partial charge in [-0.25, -0.2) is 26.0 Å². The van der Waals surface area contributed by atoms with Gasteiger partial charge in [0.25, 0.3) is 0 Å². The molecule has 1 aromatic rings. The molecule has 0 saturated carbocycles. The Bertz CT molecular complexity index is 758. The van der Waals surface area contributed by atoms with Crippen molar-refractivity contribution in [2.75, 3.05) is 0 Å². The number of sulfonamides is 2. The zero-order valence-corrected chi connectivity index (χ0v) is 14.4. The van der Waals surface area contributed by atoms with E-state index in [1.807, 2.05) is 30.9 Å². The van der Waals surface area contributed by atoms with Gasteiger partial charge < -0.3 is 4.13 Å². The normalized spacial score (nSPS) is 12.8. The lowest BCUT2D eigenvalue weighted by molar-refractivity contribution is -0.686. The molecule has 0 aromatic carbocycles.